The first kappa shape index (κ1) is 17.5. The molecule has 5 nitrogen and oxygen atoms in total. The van der Waals surface area contributed by atoms with Gasteiger partial charge in [-0.25, -0.2) is 0 Å². The molecule has 0 bridgehead atoms. The lowest BCUT2D eigenvalue weighted by Gasteiger charge is -2.36. The third-order valence-electron chi connectivity index (χ3n) is 5.18. The largest absolute Gasteiger partial charge is 0.371 e. The van der Waals surface area contributed by atoms with Gasteiger partial charge in [-0.05, 0) is 35.6 Å². The van der Waals surface area contributed by atoms with Gasteiger partial charge in [0, 0.05) is 24.7 Å². The van der Waals surface area contributed by atoms with Gasteiger partial charge in [0.1, 0.15) is 0 Å². The third-order valence-corrected chi connectivity index (χ3v) is 5.18. The number of rotatable bonds is 6. The Morgan fingerprint density at radius 3 is 2.78 bits per heavy atom. The number of fused-ring (bicyclic) bond motifs is 1. The van der Waals surface area contributed by atoms with E-state index in [-0.39, 0.29) is 5.92 Å². The SMILES string of the molecule is CCCCN1CC(c2nn[nH]n2)Cc2c(/C=C/c3ccccc3)cccc21. The molecular weight excluding hydrogens is 334 g/mol. The third kappa shape index (κ3) is 3.92. The average Bonchev–Trinajstić information content (AvgIpc) is 3.26. The fraction of sp³-hybridized carbons (Fsp3) is 0.318. The maximum Gasteiger partial charge on any atom is 0.179 e. The van der Waals surface area contributed by atoms with Crippen LogP contribution in [0, 0.1) is 0 Å². The molecule has 1 aliphatic heterocycles. The van der Waals surface area contributed by atoms with Gasteiger partial charge in [-0.1, -0.05) is 73.2 Å². The van der Waals surface area contributed by atoms with E-state index >= 15 is 0 Å². The minimum atomic E-state index is 0.263. The van der Waals surface area contributed by atoms with Crippen molar-refractivity contribution in [3.8, 4) is 0 Å². The van der Waals surface area contributed by atoms with Crippen LogP contribution >= 0.6 is 0 Å². The molecule has 5 heteroatoms. The van der Waals surface area contributed by atoms with Crippen LogP contribution in [0.1, 0.15) is 48.2 Å². The van der Waals surface area contributed by atoms with Crippen LogP contribution in [0.25, 0.3) is 12.2 Å². The molecule has 0 fully saturated rings. The van der Waals surface area contributed by atoms with Crippen molar-refractivity contribution >= 4 is 17.8 Å². The van der Waals surface area contributed by atoms with Crippen LogP contribution < -0.4 is 4.90 Å². The number of aromatic amines is 1. The van der Waals surface area contributed by atoms with Crippen LogP contribution in [0.2, 0.25) is 0 Å². The number of benzene rings is 2. The van der Waals surface area contributed by atoms with Crippen molar-refractivity contribution in [3.63, 3.8) is 0 Å². The summed E-state index contributed by atoms with van der Waals surface area (Å²) in [7, 11) is 0. The van der Waals surface area contributed by atoms with Crippen LogP contribution in [0.5, 0.6) is 0 Å². The highest BCUT2D eigenvalue weighted by molar-refractivity contribution is 5.75. The minimum Gasteiger partial charge on any atom is -0.371 e. The van der Waals surface area contributed by atoms with Crippen LogP contribution in [-0.4, -0.2) is 33.7 Å². The van der Waals surface area contributed by atoms with Gasteiger partial charge in [0.15, 0.2) is 5.82 Å². The summed E-state index contributed by atoms with van der Waals surface area (Å²) in [6.07, 6.45) is 7.72. The van der Waals surface area contributed by atoms with Crippen molar-refractivity contribution in [1.29, 1.82) is 0 Å². The van der Waals surface area contributed by atoms with E-state index in [1.165, 1.54) is 35.2 Å². The van der Waals surface area contributed by atoms with Crippen LogP contribution in [0.4, 0.5) is 5.69 Å². The van der Waals surface area contributed by atoms with Crippen molar-refractivity contribution in [1.82, 2.24) is 20.6 Å². The molecule has 0 amide bonds. The topological polar surface area (TPSA) is 57.7 Å². The molecule has 0 spiro atoms. The minimum absolute atomic E-state index is 0.263. The highest BCUT2D eigenvalue weighted by atomic mass is 15.5. The number of hydrogen-bond donors (Lipinski definition) is 1. The lowest BCUT2D eigenvalue weighted by molar-refractivity contribution is 0.570. The van der Waals surface area contributed by atoms with Crippen molar-refractivity contribution < 1.29 is 0 Å². The first-order chi connectivity index (χ1) is 13.3. The zero-order valence-electron chi connectivity index (χ0n) is 15.7. The summed E-state index contributed by atoms with van der Waals surface area (Å²) in [5.41, 5.74) is 5.20. The quantitative estimate of drug-likeness (QED) is 0.666. The maximum atomic E-state index is 4.26. The highest BCUT2D eigenvalue weighted by Gasteiger charge is 2.28. The Morgan fingerprint density at radius 2 is 2.00 bits per heavy atom. The highest BCUT2D eigenvalue weighted by Crippen LogP contribution is 2.36. The standard InChI is InChI=1S/C22H25N5/c1-2-3-14-27-16-19(22-23-25-26-24-22)15-20-18(10-7-11-21(20)27)13-12-17-8-5-4-6-9-17/h4-13,19H,2-3,14-16H2,1H3,(H,23,24,25,26)/b13-12+. The maximum absolute atomic E-state index is 4.26. The molecule has 2 aromatic carbocycles. The summed E-state index contributed by atoms with van der Waals surface area (Å²) in [6.45, 7) is 4.24. The normalized spacial score (nSPS) is 16.6. The van der Waals surface area contributed by atoms with Crippen molar-refractivity contribution in [2.75, 3.05) is 18.0 Å². The molecule has 4 rings (SSSR count). The van der Waals surface area contributed by atoms with E-state index in [2.05, 4.69) is 87.1 Å². The number of nitrogens with zero attached hydrogens (tertiary/aromatic N) is 4. The van der Waals surface area contributed by atoms with Gasteiger partial charge in [0.2, 0.25) is 0 Å². The van der Waals surface area contributed by atoms with Crippen LogP contribution in [-0.2, 0) is 6.42 Å². The van der Waals surface area contributed by atoms with Crippen LogP contribution in [0.15, 0.2) is 48.5 Å². The van der Waals surface area contributed by atoms with Crippen molar-refractivity contribution in [2.24, 2.45) is 0 Å². The van der Waals surface area contributed by atoms with Crippen molar-refractivity contribution in [2.45, 2.75) is 32.1 Å². The number of tetrazole rings is 1. The molecule has 1 aliphatic rings. The van der Waals surface area contributed by atoms with E-state index in [1.54, 1.807) is 0 Å². The zero-order valence-corrected chi connectivity index (χ0v) is 15.7. The molecule has 0 radical (unpaired) electrons. The second kappa shape index (κ2) is 8.16. The van der Waals surface area contributed by atoms with Gasteiger partial charge in [-0.15, -0.1) is 10.2 Å². The van der Waals surface area contributed by atoms with E-state index < -0.39 is 0 Å². The van der Waals surface area contributed by atoms with Gasteiger partial charge in [0.25, 0.3) is 0 Å². The zero-order chi connectivity index (χ0) is 18.5. The molecular formula is C22H25N5. The average molecular weight is 359 g/mol. The molecule has 1 N–H and O–H groups in total. The van der Waals surface area contributed by atoms with Crippen LogP contribution in [0.3, 0.4) is 0 Å². The molecule has 1 atom stereocenters. The van der Waals surface area contributed by atoms with Gasteiger partial charge in [0.05, 0.1) is 0 Å². The Bertz CT molecular complexity index is 886. The summed E-state index contributed by atoms with van der Waals surface area (Å²) in [5, 5.41) is 14.9. The molecule has 27 heavy (non-hydrogen) atoms. The number of anilines is 1. The summed E-state index contributed by atoms with van der Waals surface area (Å²) in [5.74, 6) is 1.07. The number of unbranched alkanes of at least 4 members (excludes halogenated alkanes) is 1. The second-order valence-corrected chi connectivity index (χ2v) is 7.06. The van der Waals surface area contributed by atoms with E-state index in [0.717, 1.165) is 25.3 Å². The smallest absolute Gasteiger partial charge is 0.179 e. The summed E-state index contributed by atoms with van der Waals surface area (Å²) in [6, 6.07) is 17.0. The molecule has 3 aromatic rings. The fourth-order valence-electron chi connectivity index (χ4n) is 3.77. The first-order valence-electron chi connectivity index (χ1n) is 9.68. The molecule has 0 aliphatic carbocycles. The van der Waals surface area contributed by atoms with E-state index in [0.29, 0.717) is 0 Å². The first-order valence-corrected chi connectivity index (χ1v) is 9.68. The number of hydrogen-bond acceptors (Lipinski definition) is 4. The molecule has 2 heterocycles. The second-order valence-electron chi connectivity index (χ2n) is 7.06. The number of H-pyrrole nitrogens is 1. The Kier molecular flexibility index (Phi) is 5.28. The summed E-state index contributed by atoms with van der Waals surface area (Å²) in [4.78, 5) is 2.49. The molecule has 138 valence electrons. The van der Waals surface area contributed by atoms with Gasteiger partial charge < -0.3 is 4.90 Å². The Morgan fingerprint density at radius 1 is 1.11 bits per heavy atom. The van der Waals surface area contributed by atoms with E-state index in [9.17, 15) is 0 Å². The Hall–Kier alpha value is -2.95. The van der Waals surface area contributed by atoms with Gasteiger partial charge >= 0.3 is 0 Å². The van der Waals surface area contributed by atoms with E-state index in [1.807, 2.05) is 6.07 Å². The molecule has 1 unspecified atom stereocenters. The predicted molar refractivity (Wildman–Crippen MR) is 110 cm³/mol. The summed E-state index contributed by atoms with van der Waals surface area (Å²) >= 11 is 0. The van der Waals surface area contributed by atoms with Gasteiger partial charge in [-0.2, -0.15) is 5.21 Å². The predicted octanol–water partition coefficient (Wildman–Crippen LogP) is 4.32. The summed E-state index contributed by atoms with van der Waals surface area (Å²) < 4.78 is 0. The van der Waals surface area contributed by atoms with E-state index in [4.69, 9.17) is 0 Å². The Balaban J connectivity index is 1.68. The fourth-order valence-corrected chi connectivity index (χ4v) is 3.77. The number of aromatic nitrogens is 4. The lowest BCUT2D eigenvalue weighted by Crippen LogP contribution is -2.36. The lowest BCUT2D eigenvalue weighted by atomic mass is 9.88. The monoisotopic (exact) mass is 359 g/mol. The van der Waals surface area contributed by atoms with Gasteiger partial charge in [-0.3, -0.25) is 0 Å². The Labute approximate surface area is 160 Å². The molecule has 0 saturated heterocycles. The molecule has 0 saturated carbocycles. The number of nitrogens with one attached hydrogen (secondary N) is 1. The van der Waals surface area contributed by atoms with Crippen molar-refractivity contribution in [3.05, 3.63) is 71.0 Å². The molecule has 1 aromatic heterocycles.